The molecule has 2 saturated heterocycles. The van der Waals surface area contributed by atoms with Gasteiger partial charge in [-0.15, -0.1) is 0 Å². The summed E-state index contributed by atoms with van der Waals surface area (Å²) >= 11 is 0. The Balaban J connectivity index is 2.00. The molecule has 2 fully saturated rings. The number of hydrogen-bond donors (Lipinski definition) is 0. The third-order valence-corrected chi connectivity index (χ3v) is 5.65. The molecule has 0 aromatic carbocycles. The van der Waals surface area contributed by atoms with E-state index in [1.807, 2.05) is 0 Å². The predicted molar refractivity (Wildman–Crippen MR) is 51.6 cm³/mol. The molecule has 0 N–H and O–H groups in total. The van der Waals surface area contributed by atoms with Crippen molar-refractivity contribution < 1.29 is 12.6 Å². The fourth-order valence-corrected chi connectivity index (χ4v) is 4.92. The minimum atomic E-state index is -2.79. The Morgan fingerprint density at radius 1 is 1.38 bits per heavy atom. The Morgan fingerprint density at radius 3 is 2.62 bits per heavy atom. The van der Waals surface area contributed by atoms with Crippen LogP contribution in [0.25, 0.3) is 0 Å². The fourth-order valence-electron chi connectivity index (χ4n) is 1.88. The van der Waals surface area contributed by atoms with Gasteiger partial charge in [-0.25, -0.2) is 8.42 Å². The summed E-state index contributed by atoms with van der Waals surface area (Å²) in [6.45, 7) is 0.798. The molecule has 0 aromatic rings. The van der Waals surface area contributed by atoms with Gasteiger partial charge in [0.25, 0.3) is 0 Å². The van der Waals surface area contributed by atoms with E-state index >= 15 is 0 Å². The Bertz CT molecular complexity index is 325. The lowest BCUT2D eigenvalue weighted by molar-refractivity contribution is 0.277. The molecule has 2 rings (SSSR count). The van der Waals surface area contributed by atoms with E-state index in [9.17, 15) is 12.6 Å². The van der Waals surface area contributed by atoms with Crippen LogP contribution < -0.4 is 0 Å². The van der Waals surface area contributed by atoms with Crippen molar-refractivity contribution in [2.45, 2.75) is 12.5 Å². The number of sulfone groups is 1. The minimum absolute atomic E-state index is 0.136. The molecule has 2 atom stereocenters. The molecule has 0 radical (unpaired) electrons. The van der Waals surface area contributed by atoms with Crippen LogP contribution in [-0.4, -0.2) is 53.2 Å². The zero-order valence-electron chi connectivity index (χ0n) is 7.31. The summed E-state index contributed by atoms with van der Waals surface area (Å²) in [4.78, 5) is 2.06. The fraction of sp³-hybridized carbons (Fsp3) is 1.00. The van der Waals surface area contributed by atoms with Crippen LogP contribution >= 0.6 is 0 Å². The van der Waals surface area contributed by atoms with Crippen LogP contribution in [0.1, 0.15) is 6.42 Å². The van der Waals surface area contributed by atoms with Crippen molar-refractivity contribution >= 4 is 20.6 Å². The lowest BCUT2D eigenvalue weighted by Crippen LogP contribution is -2.34. The third-order valence-electron chi connectivity index (χ3n) is 2.64. The highest BCUT2D eigenvalue weighted by Gasteiger charge is 2.34. The van der Waals surface area contributed by atoms with E-state index in [1.54, 1.807) is 0 Å². The second-order valence-electron chi connectivity index (χ2n) is 3.64. The maximum absolute atomic E-state index is 11.2. The molecular formula is C7H13NO3S2. The average molecular weight is 223 g/mol. The molecule has 2 aliphatic heterocycles. The van der Waals surface area contributed by atoms with E-state index in [1.165, 1.54) is 0 Å². The summed E-state index contributed by atoms with van der Waals surface area (Å²) in [6.07, 6.45) is 0.722. The maximum atomic E-state index is 11.2. The van der Waals surface area contributed by atoms with Crippen LogP contribution in [0.2, 0.25) is 0 Å². The molecule has 13 heavy (non-hydrogen) atoms. The van der Waals surface area contributed by atoms with Gasteiger partial charge in [0.1, 0.15) is 0 Å². The average Bonchev–Trinajstić information content (AvgIpc) is 2.56. The second-order valence-corrected chi connectivity index (χ2v) is 7.42. The molecule has 2 heterocycles. The van der Waals surface area contributed by atoms with Crippen molar-refractivity contribution in [2.75, 3.05) is 29.7 Å². The van der Waals surface area contributed by atoms with Gasteiger partial charge in [0.15, 0.2) is 9.84 Å². The first-order chi connectivity index (χ1) is 6.07. The van der Waals surface area contributed by atoms with Gasteiger partial charge in [-0.3, -0.25) is 9.11 Å². The molecule has 76 valence electrons. The van der Waals surface area contributed by atoms with Crippen molar-refractivity contribution in [1.29, 1.82) is 0 Å². The van der Waals surface area contributed by atoms with Gasteiger partial charge >= 0.3 is 0 Å². The summed E-state index contributed by atoms with van der Waals surface area (Å²) in [5.74, 6) is 1.85. The highest BCUT2D eigenvalue weighted by Crippen LogP contribution is 2.20. The van der Waals surface area contributed by atoms with Crippen LogP contribution in [0.5, 0.6) is 0 Å². The molecule has 0 aliphatic carbocycles. The van der Waals surface area contributed by atoms with E-state index in [4.69, 9.17) is 0 Å². The molecule has 2 aliphatic rings. The summed E-state index contributed by atoms with van der Waals surface area (Å²) < 4.78 is 33.4. The van der Waals surface area contributed by atoms with Gasteiger partial charge in [-0.1, -0.05) is 0 Å². The van der Waals surface area contributed by atoms with Crippen LogP contribution in [0.4, 0.5) is 0 Å². The van der Waals surface area contributed by atoms with E-state index in [2.05, 4.69) is 4.90 Å². The first kappa shape index (κ1) is 9.61. The lowest BCUT2D eigenvalue weighted by Gasteiger charge is -2.19. The standard InChI is InChI=1S/C7H13NO3S2/c9-12-3-2-8(6-12)7-1-4-13(10,11)5-7/h7H,1-6H2. The molecule has 4 nitrogen and oxygen atoms in total. The molecule has 0 aromatic heterocycles. The van der Waals surface area contributed by atoms with E-state index < -0.39 is 20.6 Å². The van der Waals surface area contributed by atoms with Crippen LogP contribution in [-0.2, 0) is 20.6 Å². The molecule has 0 amide bonds. The monoisotopic (exact) mass is 223 g/mol. The molecule has 0 spiro atoms. The Kier molecular flexibility index (Phi) is 2.46. The highest BCUT2D eigenvalue weighted by molar-refractivity contribution is 7.91. The smallest absolute Gasteiger partial charge is 0.151 e. The van der Waals surface area contributed by atoms with Crippen LogP contribution in [0, 0.1) is 0 Å². The van der Waals surface area contributed by atoms with Gasteiger partial charge in [0.2, 0.25) is 0 Å². The summed E-state index contributed by atoms with van der Waals surface area (Å²) in [6, 6.07) is 0.136. The Labute approximate surface area is 80.7 Å². The number of hydrogen-bond acceptors (Lipinski definition) is 4. The normalized spacial score (nSPS) is 39.7. The highest BCUT2D eigenvalue weighted by atomic mass is 32.2. The molecule has 6 heteroatoms. The van der Waals surface area contributed by atoms with Crippen molar-refractivity contribution in [3.8, 4) is 0 Å². The zero-order valence-corrected chi connectivity index (χ0v) is 8.94. The second kappa shape index (κ2) is 3.33. The first-order valence-electron chi connectivity index (χ1n) is 4.36. The first-order valence-corrected chi connectivity index (χ1v) is 7.67. The predicted octanol–water partition coefficient (Wildman–Crippen LogP) is -0.805. The van der Waals surface area contributed by atoms with Gasteiger partial charge in [-0.2, -0.15) is 0 Å². The van der Waals surface area contributed by atoms with E-state index in [-0.39, 0.29) is 11.8 Å². The van der Waals surface area contributed by atoms with Crippen molar-refractivity contribution in [3.05, 3.63) is 0 Å². The minimum Gasteiger partial charge on any atom is -0.287 e. The van der Waals surface area contributed by atoms with E-state index in [0.717, 1.165) is 13.0 Å². The summed E-state index contributed by atoms with van der Waals surface area (Å²) in [7, 11) is -3.53. The zero-order chi connectivity index (χ0) is 9.47. The molecule has 2 unspecified atom stereocenters. The third kappa shape index (κ3) is 2.11. The topological polar surface area (TPSA) is 54.5 Å². The quantitative estimate of drug-likeness (QED) is 0.584. The molecular weight excluding hydrogens is 210 g/mol. The van der Waals surface area contributed by atoms with Gasteiger partial charge in [0, 0.05) is 29.1 Å². The largest absolute Gasteiger partial charge is 0.287 e. The maximum Gasteiger partial charge on any atom is 0.151 e. The Hall–Kier alpha value is 0.0600. The number of nitrogens with zero attached hydrogens (tertiary/aromatic N) is 1. The SMILES string of the molecule is O=S1CCN(C2CCS(=O)(=O)C2)C1. The van der Waals surface area contributed by atoms with Crippen molar-refractivity contribution in [1.82, 2.24) is 4.90 Å². The summed E-state index contributed by atoms with van der Waals surface area (Å²) in [5, 5.41) is 0. The van der Waals surface area contributed by atoms with Gasteiger partial charge in [0.05, 0.1) is 17.4 Å². The van der Waals surface area contributed by atoms with Crippen LogP contribution in [0.15, 0.2) is 0 Å². The van der Waals surface area contributed by atoms with Gasteiger partial charge < -0.3 is 0 Å². The molecule has 0 bridgehead atoms. The van der Waals surface area contributed by atoms with Gasteiger partial charge in [-0.05, 0) is 6.42 Å². The summed E-state index contributed by atoms with van der Waals surface area (Å²) in [5.41, 5.74) is 0. The Morgan fingerprint density at radius 2 is 2.15 bits per heavy atom. The van der Waals surface area contributed by atoms with Crippen LogP contribution in [0.3, 0.4) is 0 Å². The number of rotatable bonds is 1. The molecule has 0 saturated carbocycles. The lowest BCUT2D eigenvalue weighted by atomic mass is 10.2. The van der Waals surface area contributed by atoms with E-state index in [0.29, 0.717) is 17.4 Å². The van der Waals surface area contributed by atoms with Crippen molar-refractivity contribution in [2.24, 2.45) is 0 Å². The van der Waals surface area contributed by atoms with Crippen molar-refractivity contribution in [3.63, 3.8) is 0 Å².